The maximum atomic E-state index is 10.9. The highest BCUT2D eigenvalue weighted by molar-refractivity contribution is 5.79. The summed E-state index contributed by atoms with van der Waals surface area (Å²) in [5.41, 5.74) is 4.83. The summed E-state index contributed by atoms with van der Waals surface area (Å²) >= 11 is 0. The number of amides is 1. The number of carbonyl (C=O) groups is 1. The van der Waals surface area contributed by atoms with Crippen LogP contribution >= 0.6 is 0 Å². The van der Waals surface area contributed by atoms with Gasteiger partial charge in [0.1, 0.15) is 42.7 Å². The van der Waals surface area contributed by atoms with Crippen molar-refractivity contribution in [2.45, 2.75) is 55.1 Å². The molecule has 0 aromatic carbocycles. The zero-order valence-electron chi connectivity index (χ0n) is 12.5. The second-order valence-corrected chi connectivity index (χ2v) is 5.39. The van der Waals surface area contributed by atoms with Gasteiger partial charge in [-0.1, -0.05) is 0 Å². The topological polar surface area (TPSA) is 223 Å². The van der Waals surface area contributed by atoms with Gasteiger partial charge in [0.05, 0.1) is 13.2 Å². The van der Waals surface area contributed by atoms with E-state index in [9.17, 15) is 35.4 Å². The van der Waals surface area contributed by atoms with Crippen LogP contribution in [0.25, 0.3) is 0 Å². The van der Waals surface area contributed by atoms with Crippen LogP contribution in [0.4, 0.5) is 0 Å². The van der Waals surface area contributed by atoms with Crippen molar-refractivity contribution in [1.82, 2.24) is 0 Å². The molecule has 0 bridgehead atoms. The third kappa shape index (κ3) is 4.58. The summed E-state index contributed by atoms with van der Waals surface area (Å²) in [4.78, 5) is 10.9. The second-order valence-electron chi connectivity index (χ2n) is 5.39. The molecule has 1 rings (SSSR count). The van der Waals surface area contributed by atoms with Gasteiger partial charge in [-0.05, 0) is 0 Å². The summed E-state index contributed by atoms with van der Waals surface area (Å²) in [7, 11) is 0. The molecule has 12 heteroatoms. The van der Waals surface area contributed by atoms with Crippen LogP contribution in [0.3, 0.4) is 0 Å². The van der Waals surface area contributed by atoms with Crippen LogP contribution in [0.2, 0.25) is 0 Å². The number of carbonyl (C=O) groups excluding carboxylic acids is 1. The maximum Gasteiger partial charge on any atom is 0.249 e. The standard InChI is InChI=1S/C12H23NO11/c13-11(22)8(20)7(19)10(3(16)1-14)24-12-9(21)6(18)5(17)4(2-15)23-12/h3-10,12,14-21H,1-2H2,(H2,13,22)/t3-,4-,5-,6+,7-,8-,9-,10-,12-/m1/s1. The molecule has 0 saturated carbocycles. The van der Waals surface area contributed by atoms with E-state index in [-0.39, 0.29) is 0 Å². The fourth-order valence-corrected chi connectivity index (χ4v) is 2.19. The highest BCUT2D eigenvalue weighted by Crippen LogP contribution is 2.24. The van der Waals surface area contributed by atoms with Gasteiger partial charge in [-0.15, -0.1) is 0 Å². The molecule has 0 aromatic heterocycles. The average Bonchev–Trinajstić information content (AvgIpc) is 2.57. The van der Waals surface area contributed by atoms with Gasteiger partial charge in [-0.3, -0.25) is 4.79 Å². The zero-order valence-corrected chi connectivity index (χ0v) is 12.5. The van der Waals surface area contributed by atoms with Crippen LogP contribution in [0.5, 0.6) is 0 Å². The molecule has 1 fully saturated rings. The van der Waals surface area contributed by atoms with Crippen molar-refractivity contribution in [1.29, 1.82) is 0 Å². The third-order valence-corrected chi connectivity index (χ3v) is 3.66. The van der Waals surface area contributed by atoms with E-state index in [2.05, 4.69) is 0 Å². The van der Waals surface area contributed by atoms with E-state index in [0.29, 0.717) is 0 Å². The molecular formula is C12H23NO11. The first-order chi connectivity index (χ1) is 11.1. The summed E-state index contributed by atoms with van der Waals surface area (Å²) in [6.45, 7) is -1.70. The number of nitrogens with two attached hydrogens (primary N) is 1. The average molecular weight is 357 g/mol. The van der Waals surface area contributed by atoms with Crippen molar-refractivity contribution in [2.24, 2.45) is 5.73 Å². The van der Waals surface area contributed by atoms with E-state index in [1.165, 1.54) is 0 Å². The Hall–Kier alpha value is -0.930. The fourth-order valence-electron chi connectivity index (χ4n) is 2.19. The lowest BCUT2D eigenvalue weighted by Gasteiger charge is -2.42. The Bertz CT molecular complexity index is 408. The highest BCUT2D eigenvalue weighted by Gasteiger charge is 2.47. The van der Waals surface area contributed by atoms with Crippen LogP contribution in [0.1, 0.15) is 0 Å². The lowest BCUT2D eigenvalue weighted by Crippen LogP contribution is -2.62. The normalized spacial score (nSPS) is 35.9. The number of rotatable bonds is 8. The Morgan fingerprint density at radius 2 is 1.67 bits per heavy atom. The minimum Gasteiger partial charge on any atom is -0.394 e. The molecule has 1 aliphatic heterocycles. The van der Waals surface area contributed by atoms with Gasteiger partial charge in [0.2, 0.25) is 5.91 Å². The smallest absolute Gasteiger partial charge is 0.249 e. The van der Waals surface area contributed by atoms with Gasteiger partial charge < -0.3 is 56.1 Å². The molecule has 0 aliphatic carbocycles. The molecule has 1 saturated heterocycles. The number of ether oxygens (including phenoxy) is 2. The molecule has 0 spiro atoms. The molecule has 0 unspecified atom stereocenters. The summed E-state index contributed by atoms with van der Waals surface area (Å²) in [5.74, 6) is -1.34. The van der Waals surface area contributed by atoms with E-state index in [1.54, 1.807) is 0 Å². The molecule has 1 amide bonds. The van der Waals surface area contributed by atoms with Crippen LogP contribution in [-0.2, 0) is 14.3 Å². The van der Waals surface area contributed by atoms with Gasteiger partial charge >= 0.3 is 0 Å². The molecule has 0 aromatic rings. The Morgan fingerprint density at radius 1 is 1.08 bits per heavy atom. The fraction of sp³-hybridized carbons (Fsp3) is 0.917. The summed E-state index contributed by atoms with van der Waals surface area (Å²) < 4.78 is 10.1. The van der Waals surface area contributed by atoms with E-state index in [1.807, 2.05) is 0 Å². The monoisotopic (exact) mass is 357 g/mol. The highest BCUT2D eigenvalue weighted by atomic mass is 16.7. The van der Waals surface area contributed by atoms with Crippen LogP contribution in [0, 0.1) is 0 Å². The summed E-state index contributed by atoms with van der Waals surface area (Å²) in [5, 5.41) is 76.2. The summed E-state index contributed by atoms with van der Waals surface area (Å²) in [6.07, 6.45) is -16.3. The van der Waals surface area contributed by atoms with Crippen molar-refractivity contribution < 1.29 is 55.1 Å². The van der Waals surface area contributed by atoms with Gasteiger partial charge in [-0.2, -0.15) is 0 Å². The zero-order chi connectivity index (χ0) is 18.6. The number of primary amides is 1. The predicted molar refractivity (Wildman–Crippen MR) is 72.9 cm³/mol. The van der Waals surface area contributed by atoms with Crippen molar-refractivity contribution in [2.75, 3.05) is 13.2 Å². The number of hydrogen-bond acceptors (Lipinski definition) is 11. The van der Waals surface area contributed by atoms with Gasteiger partial charge in [0.15, 0.2) is 12.4 Å². The Morgan fingerprint density at radius 3 is 2.12 bits per heavy atom. The minimum absolute atomic E-state index is 0.746. The predicted octanol–water partition coefficient (Wildman–Crippen LogP) is -6.27. The third-order valence-electron chi connectivity index (χ3n) is 3.66. The molecular weight excluding hydrogens is 334 g/mol. The second kappa shape index (κ2) is 8.96. The first-order valence-electron chi connectivity index (χ1n) is 7.06. The van der Waals surface area contributed by atoms with Gasteiger partial charge in [-0.25, -0.2) is 0 Å². The number of aliphatic hydroxyl groups is 8. The van der Waals surface area contributed by atoms with E-state index in [0.717, 1.165) is 0 Å². The molecule has 142 valence electrons. The van der Waals surface area contributed by atoms with Crippen LogP contribution in [0.15, 0.2) is 0 Å². The van der Waals surface area contributed by atoms with E-state index < -0.39 is 74.2 Å². The maximum absolute atomic E-state index is 10.9. The van der Waals surface area contributed by atoms with E-state index in [4.69, 9.17) is 25.4 Å². The molecule has 0 radical (unpaired) electrons. The largest absolute Gasteiger partial charge is 0.394 e. The number of hydrogen-bond donors (Lipinski definition) is 9. The Balaban J connectivity index is 2.94. The Labute approximate surface area is 136 Å². The van der Waals surface area contributed by atoms with Crippen molar-refractivity contribution in [3.8, 4) is 0 Å². The molecule has 24 heavy (non-hydrogen) atoms. The van der Waals surface area contributed by atoms with Crippen molar-refractivity contribution in [3.63, 3.8) is 0 Å². The van der Waals surface area contributed by atoms with Crippen LogP contribution < -0.4 is 5.73 Å². The van der Waals surface area contributed by atoms with Crippen LogP contribution in [-0.4, -0.2) is 115 Å². The SMILES string of the molecule is NC(=O)[C@H](O)[C@@H](O)[C@H](O[C@H]1O[C@H](CO)[C@@H](O)[C@H](O)[C@H]1O)[C@H](O)CO. The number of aliphatic hydroxyl groups excluding tert-OH is 8. The lowest BCUT2D eigenvalue weighted by molar-refractivity contribution is -0.326. The van der Waals surface area contributed by atoms with Gasteiger partial charge in [0, 0.05) is 0 Å². The molecule has 10 N–H and O–H groups in total. The lowest BCUT2D eigenvalue weighted by atomic mass is 9.98. The van der Waals surface area contributed by atoms with Gasteiger partial charge in [0.25, 0.3) is 0 Å². The Kier molecular flexibility index (Phi) is 7.88. The quantitative estimate of drug-likeness (QED) is 0.198. The molecule has 12 nitrogen and oxygen atoms in total. The van der Waals surface area contributed by atoms with Crippen molar-refractivity contribution >= 4 is 5.91 Å². The molecule has 1 aliphatic rings. The minimum atomic E-state index is -2.17. The summed E-state index contributed by atoms with van der Waals surface area (Å²) in [6, 6.07) is 0. The first-order valence-corrected chi connectivity index (χ1v) is 7.06. The first kappa shape index (κ1) is 21.1. The molecule has 1 heterocycles. The molecule has 9 atom stereocenters. The van der Waals surface area contributed by atoms with E-state index >= 15 is 0 Å². The van der Waals surface area contributed by atoms with Crippen molar-refractivity contribution in [3.05, 3.63) is 0 Å².